The maximum Gasteiger partial charge on any atom is 0.339 e. The van der Waals surface area contributed by atoms with Gasteiger partial charge in [0, 0.05) is 29.0 Å². The van der Waals surface area contributed by atoms with Crippen LogP contribution in [0.15, 0.2) is 63.8 Å². The van der Waals surface area contributed by atoms with Gasteiger partial charge in [-0.05, 0) is 56.4 Å². The molecule has 0 radical (unpaired) electrons. The van der Waals surface area contributed by atoms with Gasteiger partial charge in [0.2, 0.25) is 0 Å². The number of nitrogens with two attached hydrogens (primary N) is 2. The quantitative estimate of drug-likeness (QED) is 0.141. The second kappa shape index (κ2) is 14.1. The van der Waals surface area contributed by atoms with Crippen LogP contribution in [0, 0.1) is 5.82 Å². The summed E-state index contributed by atoms with van der Waals surface area (Å²) in [6.07, 6.45) is 8.57. The van der Waals surface area contributed by atoms with Crippen molar-refractivity contribution < 1.29 is 19.1 Å². The van der Waals surface area contributed by atoms with Crippen LogP contribution in [0.2, 0.25) is 0 Å². The van der Waals surface area contributed by atoms with Gasteiger partial charge in [-0.2, -0.15) is 0 Å². The molecule has 5 N–H and O–H groups in total. The molecule has 190 valence electrons. The lowest BCUT2D eigenvalue weighted by atomic mass is 9.96. The zero-order valence-corrected chi connectivity index (χ0v) is 21.5. The molecule has 2 rings (SSSR count). The highest BCUT2D eigenvalue weighted by Crippen LogP contribution is 2.28. The molecule has 0 bridgehead atoms. The number of nitrogen functional groups attached to an aromatic ring is 1. The number of carboxylic acids is 1. The van der Waals surface area contributed by atoms with Crippen molar-refractivity contribution in [1.29, 1.82) is 0 Å². The number of nitrogens with zero attached hydrogens (tertiary/aromatic N) is 2. The number of carbonyl (C=O) groups excluding carboxylic acids is 1. The summed E-state index contributed by atoms with van der Waals surface area (Å²) in [7, 11) is 1.56. The van der Waals surface area contributed by atoms with Gasteiger partial charge in [0.15, 0.2) is 0 Å². The number of hydrogen-bond donors (Lipinski definition) is 3. The van der Waals surface area contributed by atoms with Gasteiger partial charge in [0.05, 0.1) is 12.1 Å². The molecule has 1 aliphatic rings. The molecule has 0 spiro atoms. The lowest BCUT2D eigenvalue weighted by Gasteiger charge is -2.25. The number of likely N-dealkylation sites (N-methyl/N-ethyl adjacent to an activating group) is 1. The number of carboxylic acid groups (broad SMARTS) is 1. The third-order valence-electron chi connectivity index (χ3n) is 5.32. The van der Waals surface area contributed by atoms with Crippen LogP contribution >= 0.6 is 11.6 Å². The summed E-state index contributed by atoms with van der Waals surface area (Å²) >= 11 is 5.87. The lowest BCUT2D eigenvalue weighted by molar-refractivity contribution is -0.132. The molecule has 0 fully saturated rings. The van der Waals surface area contributed by atoms with Crippen molar-refractivity contribution in [3.05, 3.63) is 75.8 Å². The number of rotatable bonds is 8. The number of anilines is 1. The molecule has 0 atom stereocenters. The number of amides is 1. The lowest BCUT2D eigenvalue weighted by Crippen LogP contribution is -2.28. The van der Waals surface area contributed by atoms with Crippen LogP contribution in [0.3, 0.4) is 0 Å². The Bertz CT molecular complexity index is 1090. The Morgan fingerprint density at radius 1 is 1.31 bits per heavy atom. The van der Waals surface area contributed by atoms with E-state index in [1.165, 1.54) is 11.0 Å². The van der Waals surface area contributed by atoms with Crippen LogP contribution in [0.1, 0.15) is 62.4 Å². The molecule has 0 heterocycles. The Balaban J connectivity index is 0.00000298. The zero-order valence-electron chi connectivity index (χ0n) is 20.7. The maximum atomic E-state index is 14.3. The Morgan fingerprint density at radius 3 is 2.51 bits per heavy atom. The third-order valence-corrected chi connectivity index (χ3v) is 5.64. The minimum absolute atomic E-state index is 0.0302. The fourth-order valence-electron chi connectivity index (χ4n) is 3.32. The molecular formula is C26H34ClFN4O3. The van der Waals surface area contributed by atoms with Crippen molar-refractivity contribution in [1.82, 2.24) is 4.90 Å². The standard InChI is InChI=1S/C24H28ClFN4O3.C2H6/c1-4-17(25)11-20(24(32)33)22(28)29-13-16-10-18(26)12-19(21(16)27)23(31)30(3)14(2)15-8-6-5-7-9-15;1-2/h4,8,10-12H,2,5-7,9,13,27H2,1,3H3,(H2,28,29)(H,32,33);1-2H3/b17-4+,20-11+;. The molecule has 1 aliphatic carbocycles. The predicted octanol–water partition coefficient (Wildman–Crippen LogP) is 5.53. The average Bonchev–Trinajstić information content (AvgIpc) is 2.87. The van der Waals surface area contributed by atoms with E-state index in [1.807, 2.05) is 13.8 Å². The van der Waals surface area contributed by atoms with Crippen molar-refractivity contribution in [2.75, 3.05) is 12.8 Å². The highest BCUT2D eigenvalue weighted by atomic mass is 35.5. The molecule has 0 unspecified atom stereocenters. The summed E-state index contributed by atoms with van der Waals surface area (Å²) in [5.41, 5.74) is 13.4. The van der Waals surface area contributed by atoms with Crippen LogP contribution in [0.5, 0.6) is 0 Å². The van der Waals surface area contributed by atoms with E-state index >= 15 is 0 Å². The first-order chi connectivity index (χ1) is 16.6. The second-order valence-corrected chi connectivity index (χ2v) is 7.99. The van der Waals surface area contributed by atoms with Crippen molar-refractivity contribution in [3.8, 4) is 0 Å². The molecule has 1 amide bonds. The van der Waals surface area contributed by atoms with Gasteiger partial charge in [-0.3, -0.25) is 9.79 Å². The van der Waals surface area contributed by atoms with E-state index < -0.39 is 17.7 Å². The molecule has 9 heteroatoms. The molecule has 0 aliphatic heterocycles. The summed E-state index contributed by atoms with van der Waals surface area (Å²) in [5, 5.41) is 9.53. The van der Waals surface area contributed by atoms with Crippen LogP contribution in [0.4, 0.5) is 10.1 Å². The zero-order chi connectivity index (χ0) is 26.7. The maximum absolute atomic E-state index is 14.3. The number of halogens is 2. The molecule has 1 aromatic rings. The Labute approximate surface area is 211 Å². The molecule has 0 saturated heterocycles. The molecular weight excluding hydrogens is 471 g/mol. The first kappa shape index (κ1) is 29.6. The Morgan fingerprint density at radius 2 is 1.97 bits per heavy atom. The fourth-order valence-corrected chi connectivity index (χ4v) is 3.43. The predicted molar refractivity (Wildman–Crippen MR) is 141 cm³/mol. The van der Waals surface area contributed by atoms with Gasteiger partial charge < -0.3 is 21.5 Å². The van der Waals surface area contributed by atoms with E-state index in [-0.39, 0.29) is 39.8 Å². The highest BCUT2D eigenvalue weighted by molar-refractivity contribution is 6.32. The molecule has 1 aromatic carbocycles. The number of aliphatic carboxylic acids is 1. The van der Waals surface area contributed by atoms with Crippen LogP contribution < -0.4 is 11.5 Å². The Hall–Kier alpha value is -3.39. The molecule has 7 nitrogen and oxygen atoms in total. The van der Waals surface area contributed by atoms with Crippen molar-refractivity contribution in [3.63, 3.8) is 0 Å². The van der Waals surface area contributed by atoms with E-state index in [9.17, 15) is 19.1 Å². The summed E-state index contributed by atoms with van der Waals surface area (Å²) in [6, 6.07) is 2.19. The van der Waals surface area contributed by atoms with Crippen LogP contribution in [-0.2, 0) is 11.3 Å². The van der Waals surface area contributed by atoms with Gasteiger partial charge >= 0.3 is 5.97 Å². The number of allylic oxidation sites excluding steroid dienone is 5. The van der Waals surface area contributed by atoms with Gasteiger partial charge in [-0.15, -0.1) is 0 Å². The second-order valence-electron chi connectivity index (χ2n) is 7.55. The number of hydrogen-bond acceptors (Lipinski definition) is 4. The van der Waals surface area contributed by atoms with E-state index in [0.29, 0.717) is 5.70 Å². The third kappa shape index (κ3) is 8.10. The monoisotopic (exact) mass is 504 g/mol. The minimum Gasteiger partial charge on any atom is -0.478 e. The van der Waals surface area contributed by atoms with Crippen molar-refractivity contribution in [2.24, 2.45) is 10.7 Å². The average molecular weight is 505 g/mol. The Kier molecular flexibility index (Phi) is 12.0. The first-order valence-corrected chi connectivity index (χ1v) is 11.8. The normalized spacial score (nSPS) is 14.5. The number of amidine groups is 1. The van der Waals surface area contributed by atoms with Gasteiger partial charge in [0.25, 0.3) is 5.91 Å². The van der Waals surface area contributed by atoms with Crippen LogP contribution in [0.25, 0.3) is 0 Å². The smallest absolute Gasteiger partial charge is 0.339 e. The van der Waals surface area contributed by atoms with E-state index in [0.717, 1.165) is 49.5 Å². The summed E-state index contributed by atoms with van der Waals surface area (Å²) in [6.45, 7) is 9.41. The number of benzene rings is 1. The fraction of sp³-hybridized carbons (Fsp3) is 0.346. The van der Waals surface area contributed by atoms with Gasteiger partial charge in [0.1, 0.15) is 17.2 Å². The SMILES string of the molecule is C=C(C1=CCCCC1)N(C)C(=O)c1cc(F)cc(CN=C(N)/C(=C\C(Cl)=C/C)C(=O)O)c1N.CC. The summed E-state index contributed by atoms with van der Waals surface area (Å²) in [4.78, 5) is 29.9. The minimum atomic E-state index is -1.32. The molecule has 0 aromatic heterocycles. The van der Waals surface area contributed by atoms with Crippen molar-refractivity contribution >= 4 is 35.0 Å². The molecule has 35 heavy (non-hydrogen) atoms. The van der Waals surface area contributed by atoms with E-state index in [2.05, 4.69) is 17.6 Å². The van der Waals surface area contributed by atoms with Gasteiger partial charge in [-0.1, -0.05) is 44.2 Å². The van der Waals surface area contributed by atoms with Crippen LogP contribution in [-0.4, -0.2) is 34.8 Å². The topological polar surface area (TPSA) is 122 Å². The largest absolute Gasteiger partial charge is 0.478 e. The molecule has 0 saturated carbocycles. The number of aliphatic imine (C=N–C) groups is 1. The first-order valence-electron chi connectivity index (χ1n) is 11.4. The highest BCUT2D eigenvalue weighted by Gasteiger charge is 2.22. The van der Waals surface area contributed by atoms with Gasteiger partial charge in [-0.25, -0.2) is 9.18 Å². The van der Waals surface area contributed by atoms with E-state index in [1.54, 1.807) is 14.0 Å². The van der Waals surface area contributed by atoms with Crippen molar-refractivity contribution in [2.45, 2.75) is 53.0 Å². The summed E-state index contributed by atoms with van der Waals surface area (Å²) in [5.74, 6) is -2.82. The van der Waals surface area contributed by atoms with E-state index in [4.69, 9.17) is 23.1 Å². The number of carbonyl (C=O) groups is 2. The summed E-state index contributed by atoms with van der Waals surface area (Å²) < 4.78 is 14.3.